The van der Waals surface area contributed by atoms with Crippen LogP contribution in [0.15, 0.2) is 12.1 Å². The Hall–Kier alpha value is -1.90. The van der Waals surface area contributed by atoms with Gasteiger partial charge >= 0.3 is 0 Å². The molecule has 1 aliphatic heterocycles. The number of amides is 2. The molecule has 3 heteroatoms. The molecular weight excluding hydrogens is 190 g/mol. The van der Waals surface area contributed by atoms with Gasteiger partial charge in [0.1, 0.15) is 0 Å². The lowest BCUT2D eigenvalue weighted by Crippen LogP contribution is -2.24. The van der Waals surface area contributed by atoms with Gasteiger partial charge in [-0.1, -0.05) is 24.3 Å². The van der Waals surface area contributed by atoms with Gasteiger partial charge in [-0.15, -0.1) is 0 Å². The highest BCUT2D eigenvalue weighted by Gasteiger charge is 2.49. The van der Waals surface area contributed by atoms with Crippen LogP contribution in [0.25, 0.3) is 12.2 Å². The summed E-state index contributed by atoms with van der Waals surface area (Å²) < 4.78 is 0. The molecule has 1 saturated heterocycles. The average Bonchev–Trinajstić information content (AvgIpc) is 2.44. The molecule has 15 heavy (non-hydrogen) atoms. The van der Waals surface area contributed by atoms with Crippen LogP contribution >= 0.6 is 0 Å². The van der Waals surface area contributed by atoms with E-state index < -0.39 is 0 Å². The third-order valence-electron chi connectivity index (χ3n) is 3.59. The molecule has 1 heterocycles. The molecule has 1 N–H and O–H groups in total. The van der Waals surface area contributed by atoms with Gasteiger partial charge in [0, 0.05) is 0 Å². The summed E-state index contributed by atoms with van der Waals surface area (Å²) in [5, 5.41) is 2.41. The summed E-state index contributed by atoms with van der Waals surface area (Å²) in [5.74, 6) is -0.815. The van der Waals surface area contributed by atoms with Gasteiger partial charge in [0.2, 0.25) is 11.8 Å². The molecule has 1 aromatic rings. The molecule has 0 spiro atoms. The van der Waals surface area contributed by atoms with E-state index in [1.807, 2.05) is 24.3 Å². The first-order valence-corrected chi connectivity index (χ1v) is 4.97. The van der Waals surface area contributed by atoms with Gasteiger partial charge in [0.25, 0.3) is 0 Å². The summed E-state index contributed by atoms with van der Waals surface area (Å²) in [6.45, 7) is 0. The van der Waals surface area contributed by atoms with Crippen LogP contribution in [-0.4, -0.2) is 11.8 Å². The lowest BCUT2D eigenvalue weighted by atomic mass is 9.69. The molecule has 3 nitrogen and oxygen atoms in total. The highest BCUT2D eigenvalue weighted by molar-refractivity contribution is 6.13. The van der Waals surface area contributed by atoms with E-state index in [4.69, 9.17) is 0 Å². The highest BCUT2D eigenvalue weighted by Crippen LogP contribution is 2.50. The normalized spacial score (nSPS) is 28.5. The Kier molecular flexibility index (Phi) is 1.00. The van der Waals surface area contributed by atoms with Crippen LogP contribution in [0.2, 0.25) is 0 Å². The van der Waals surface area contributed by atoms with E-state index in [-0.39, 0.29) is 23.7 Å². The van der Waals surface area contributed by atoms with Crippen molar-refractivity contribution in [1.29, 1.82) is 0 Å². The molecule has 2 amide bonds. The van der Waals surface area contributed by atoms with Gasteiger partial charge in [-0.2, -0.15) is 0 Å². The van der Waals surface area contributed by atoms with Crippen LogP contribution in [0.3, 0.4) is 0 Å². The monoisotopic (exact) mass is 197 g/mol. The highest BCUT2D eigenvalue weighted by atomic mass is 16.2. The first-order valence-electron chi connectivity index (χ1n) is 4.97. The molecule has 3 aliphatic carbocycles. The van der Waals surface area contributed by atoms with Crippen LogP contribution in [-0.2, 0) is 9.59 Å². The Morgan fingerprint density at radius 3 is 1.73 bits per heavy atom. The molecule has 72 valence electrons. The number of imide groups is 1. The van der Waals surface area contributed by atoms with Gasteiger partial charge < -0.3 is 0 Å². The zero-order valence-corrected chi connectivity index (χ0v) is 7.78. The first kappa shape index (κ1) is 7.40. The second kappa shape index (κ2) is 2.03. The Bertz CT molecular complexity index is 522. The lowest BCUT2D eigenvalue weighted by Gasteiger charge is -2.32. The third-order valence-corrected chi connectivity index (χ3v) is 3.59. The average molecular weight is 197 g/mol. The molecular formula is C12H7NO2. The molecule has 1 aromatic carbocycles. The van der Waals surface area contributed by atoms with Crippen molar-refractivity contribution in [3.05, 3.63) is 34.4 Å². The minimum absolute atomic E-state index is 0.145. The Labute approximate surface area is 85.8 Å². The smallest absolute Gasteiger partial charge is 0.235 e. The number of hydrogen-bond donors (Lipinski definition) is 1. The van der Waals surface area contributed by atoms with Crippen molar-refractivity contribution in [2.24, 2.45) is 0 Å². The quantitative estimate of drug-likeness (QED) is 0.640. The van der Waals surface area contributed by atoms with E-state index in [0.29, 0.717) is 0 Å². The first-order chi connectivity index (χ1) is 7.27. The SMILES string of the molecule is O=C1NC(=O)C2c3ccc(c4c3C=C4)C12. The van der Waals surface area contributed by atoms with Crippen molar-refractivity contribution in [2.75, 3.05) is 0 Å². The van der Waals surface area contributed by atoms with Gasteiger partial charge in [0.05, 0.1) is 11.8 Å². The number of benzene rings is 1. The van der Waals surface area contributed by atoms with Crippen molar-refractivity contribution < 1.29 is 9.59 Å². The molecule has 2 unspecified atom stereocenters. The fourth-order valence-corrected chi connectivity index (χ4v) is 2.88. The number of carbonyl (C=O) groups excluding carboxylic acids is 2. The molecule has 2 atom stereocenters. The van der Waals surface area contributed by atoms with Crippen molar-refractivity contribution in [1.82, 2.24) is 5.32 Å². The Morgan fingerprint density at radius 2 is 1.33 bits per heavy atom. The summed E-state index contributed by atoms with van der Waals surface area (Å²) in [6.07, 6.45) is 4.03. The van der Waals surface area contributed by atoms with E-state index >= 15 is 0 Å². The van der Waals surface area contributed by atoms with E-state index in [9.17, 15) is 9.59 Å². The Balaban J connectivity index is 2.08. The lowest BCUT2D eigenvalue weighted by molar-refractivity contribution is -0.125. The molecule has 5 rings (SSSR count). The topological polar surface area (TPSA) is 46.2 Å². The maximum Gasteiger partial charge on any atom is 0.235 e. The van der Waals surface area contributed by atoms with Crippen molar-refractivity contribution in [3.63, 3.8) is 0 Å². The standard InChI is InChI=1S/C12H7NO2/c14-11-9-7-3-4-8(6-2-1-5(6)7)10(9)12(15)13-11/h1-4,9-10H,(H,13,14,15). The minimum Gasteiger partial charge on any atom is -0.295 e. The van der Waals surface area contributed by atoms with E-state index in [2.05, 4.69) is 5.32 Å². The predicted molar refractivity (Wildman–Crippen MR) is 54.0 cm³/mol. The molecule has 4 aliphatic rings. The fourth-order valence-electron chi connectivity index (χ4n) is 2.88. The zero-order valence-electron chi connectivity index (χ0n) is 7.78. The summed E-state index contributed by atoms with van der Waals surface area (Å²) in [6, 6.07) is 3.94. The fraction of sp³-hybridized carbons (Fsp3) is 0.167. The van der Waals surface area contributed by atoms with Crippen molar-refractivity contribution >= 4 is 24.0 Å². The van der Waals surface area contributed by atoms with Gasteiger partial charge in [0.15, 0.2) is 0 Å². The van der Waals surface area contributed by atoms with Crippen LogP contribution in [0.4, 0.5) is 0 Å². The number of carbonyl (C=O) groups is 2. The van der Waals surface area contributed by atoms with Gasteiger partial charge in [-0.25, -0.2) is 0 Å². The Morgan fingerprint density at radius 1 is 0.867 bits per heavy atom. The maximum atomic E-state index is 11.6. The molecule has 2 bridgehead atoms. The van der Waals surface area contributed by atoms with Gasteiger partial charge in [-0.3, -0.25) is 14.9 Å². The van der Waals surface area contributed by atoms with E-state index in [1.165, 1.54) is 0 Å². The predicted octanol–water partition coefficient (Wildman–Crippen LogP) is 1.01. The molecule has 0 saturated carbocycles. The number of rotatable bonds is 0. The second-order valence-electron chi connectivity index (χ2n) is 4.21. The number of nitrogens with one attached hydrogen (secondary N) is 1. The number of hydrogen-bond acceptors (Lipinski definition) is 2. The summed E-state index contributed by atoms with van der Waals surface area (Å²) in [4.78, 5) is 23.3. The molecule has 0 aromatic heterocycles. The third kappa shape index (κ3) is 0.635. The molecule has 1 fully saturated rings. The van der Waals surface area contributed by atoms with Crippen molar-refractivity contribution in [3.8, 4) is 0 Å². The minimum atomic E-state index is -0.263. The van der Waals surface area contributed by atoms with Gasteiger partial charge in [-0.05, 0) is 22.3 Å². The van der Waals surface area contributed by atoms with Crippen LogP contribution in [0.1, 0.15) is 34.1 Å². The maximum absolute atomic E-state index is 11.6. The zero-order chi connectivity index (χ0) is 10.2. The van der Waals surface area contributed by atoms with E-state index in [1.54, 1.807) is 0 Å². The van der Waals surface area contributed by atoms with Crippen LogP contribution < -0.4 is 5.32 Å². The second-order valence-corrected chi connectivity index (χ2v) is 4.21. The summed E-state index contributed by atoms with van der Waals surface area (Å²) >= 11 is 0. The summed E-state index contributed by atoms with van der Waals surface area (Å²) in [5.41, 5.74) is 4.32. The van der Waals surface area contributed by atoms with Crippen LogP contribution in [0, 0.1) is 0 Å². The molecule has 0 radical (unpaired) electrons. The van der Waals surface area contributed by atoms with Crippen molar-refractivity contribution in [2.45, 2.75) is 11.8 Å². The number of fused-ring (bicyclic) bond motifs is 1. The largest absolute Gasteiger partial charge is 0.295 e. The van der Waals surface area contributed by atoms with Crippen LogP contribution in [0.5, 0.6) is 0 Å². The summed E-state index contributed by atoms with van der Waals surface area (Å²) in [7, 11) is 0. The van der Waals surface area contributed by atoms with E-state index in [0.717, 1.165) is 22.3 Å².